The second kappa shape index (κ2) is 7.19. The predicted molar refractivity (Wildman–Crippen MR) is 112 cm³/mol. The molecular weight excluding hydrogens is 379 g/mol. The summed E-state index contributed by atoms with van der Waals surface area (Å²) >= 11 is 0. The Morgan fingerprint density at radius 3 is 2.47 bits per heavy atom. The van der Waals surface area contributed by atoms with Gasteiger partial charge in [0, 0.05) is 16.5 Å². The Labute approximate surface area is 172 Å². The first-order valence-electron chi connectivity index (χ1n) is 9.68. The summed E-state index contributed by atoms with van der Waals surface area (Å²) < 4.78 is 14.4. The van der Waals surface area contributed by atoms with E-state index < -0.39 is 5.82 Å². The second-order valence-corrected chi connectivity index (χ2v) is 7.28. The lowest BCUT2D eigenvalue weighted by Crippen LogP contribution is -2.42. The van der Waals surface area contributed by atoms with Crippen LogP contribution in [0.25, 0.3) is 22.0 Å². The van der Waals surface area contributed by atoms with E-state index in [1.807, 2.05) is 42.5 Å². The standard InChI is InChI=1S/C25H17FN2O2/c26-21-12-6-10-18-13-20(16-7-2-1-3-8-16)22(27-24(18)21)15-28-23(29)14-17-9-4-5-11-19(17)25(28)30/h1-13H,14-15H2. The van der Waals surface area contributed by atoms with Gasteiger partial charge in [0.25, 0.3) is 5.91 Å². The molecule has 1 aliphatic heterocycles. The molecule has 0 unspecified atom stereocenters. The number of pyridine rings is 1. The Bertz CT molecular complexity index is 1300. The van der Waals surface area contributed by atoms with Crippen molar-refractivity contribution in [3.63, 3.8) is 0 Å². The smallest absolute Gasteiger partial charge is 0.261 e. The number of benzene rings is 3. The number of halogens is 1. The van der Waals surface area contributed by atoms with Crippen molar-refractivity contribution in [2.24, 2.45) is 0 Å². The highest BCUT2D eigenvalue weighted by atomic mass is 19.1. The Kier molecular flexibility index (Phi) is 4.36. The van der Waals surface area contributed by atoms with Crippen LogP contribution in [0, 0.1) is 5.82 Å². The van der Waals surface area contributed by atoms with Crippen LogP contribution in [0.1, 0.15) is 21.6 Å². The summed E-state index contributed by atoms with van der Waals surface area (Å²) in [6, 6.07) is 23.4. The molecule has 3 aromatic carbocycles. The van der Waals surface area contributed by atoms with Gasteiger partial charge in [-0.1, -0.05) is 60.7 Å². The molecule has 2 heterocycles. The number of aromatic nitrogens is 1. The SMILES string of the molecule is O=C1Cc2ccccc2C(=O)N1Cc1nc2c(F)cccc2cc1-c1ccccc1. The van der Waals surface area contributed by atoms with Crippen LogP contribution in [0.2, 0.25) is 0 Å². The number of carbonyl (C=O) groups excluding carboxylic acids is 2. The maximum atomic E-state index is 14.4. The van der Waals surface area contributed by atoms with Crippen molar-refractivity contribution >= 4 is 22.7 Å². The molecule has 0 aliphatic carbocycles. The molecule has 0 saturated carbocycles. The molecule has 0 bridgehead atoms. The summed E-state index contributed by atoms with van der Waals surface area (Å²) in [5, 5.41) is 0.666. The molecule has 30 heavy (non-hydrogen) atoms. The molecule has 0 fully saturated rings. The highest BCUT2D eigenvalue weighted by Gasteiger charge is 2.31. The van der Waals surface area contributed by atoms with Gasteiger partial charge in [-0.25, -0.2) is 9.37 Å². The van der Waals surface area contributed by atoms with Gasteiger partial charge in [-0.3, -0.25) is 14.5 Å². The zero-order valence-electron chi connectivity index (χ0n) is 16.0. The van der Waals surface area contributed by atoms with Crippen molar-refractivity contribution in [1.82, 2.24) is 9.88 Å². The molecule has 0 atom stereocenters. The topological polar surface area (TPSA) is 50.3 Å². The molecule has 4 nitrogen and oxygen atoms in total. The van der Waals surface area contributed by atoms with E-state index in [1.165, 1.54) is 11.0 Å². The predicted octanol–water partition coefficient (Wildman–Crippen LogP) is 4.77. The van der Waals surface area contributed by atoms with Crippen LogP contribution in [-0.2, 0) is 17.8 Å². The highest BCUT2D eigenvalue weighted by molar-refractivity contribution is 6.09. The Hall–Kier alpha value is -3.86. The average Bonchev–Trinajstić information content (AvgIpc) is 2.77. The third kappa shape index (κ3) is 3.05. The minimum absolute atomic E-state index is 0.0134. The number of para-hydroxylation sites is 1. The maximum absolute atomic E-state index is 14.4. The Morgan fingerprint density at radius 2 is 1.63 bits per heavy atom. The molecule has 4 aromatic rings. The van der Waals surface area contributed by atoms with Crippen LogP contribution in [0.3, 0.4) is 0 Å². The van der Waals surface area contributed by atoms with Crippen LogP contribution in [0.15, 0.2) is 78.9 Å². The van der Waals surface area contributed by atoms with Gasteiger partial charge in [0.2, 0.25) is 5.91 Å². The minimum Gasteiger partial charge on any atom is -0.274 e. The van der Waals surface area contributed by atoms with Crippen molar-refractivity contribution in [3.05, 3.63) is 102 Å². The van der Waals surface area contributed by atoms with Crippen LogP contribution in [0.5, 0.6) is 0 Å². The van der Waals surface area contributed by atoms with Gasteiger partial charge in [0.1, 0.15) is 11.3 Å². The van der Waals surface area contributed by atoms with E-state index in [0.29, 0.717) is 16.6 Å². The van der Waals surface area contributed by atoms with Crippen molar-refractivity contribution in [2.45, 2.75) is 13.0 Å². The van der Waals surface area contributed by atoms with Gasteiger partial charge < -0.3 is 0 Å². The largest absolute Gasteiger partial charge is 0.274 e. The minimum atomic E-state index is -0.435. The number of hydrogen-bond acceptors (Lipinski definition) is 3. The fourth-order valence-corrected chi connectivity index (χ4v) is 3.90. The summed E-state index contributed by atoms with van der Waals surface area (Å²) in [4.78, 5) is 31.5. The van der Waals surface area contributed by atoms with Gasteiger partial charge in [-0.15, -0.1) is 0 Å². The number of nitrogens with zero attached hydrogens (tertiary/aromatic N) is 2. The van der Waals surface area contributed by atoms with Gasteiger partial charge in [0.15, 0.2) is 0 Å². The third-order valence-electron chi connectivity index (χ3n) is 5.40. The molecule has 1 aliphatic rings. The maximum Gasteiger partial charge on any atom is 0.261 e. The normalized spacial score (nSPS) is 13.6. The van der Waals surface area contributed by atoms with Crippen molar-refractivity contribution in [1.29, 1.82) is 0 Å². The summed E-state index contributed by atoms with van der Waals surface area (Å²) in [6.45, 7) is -0.0134. The first-order valence-corrected chi connectivity index (χ1v) is 9.68. The molecule has 5 heteroatoms. The summed E-state index contributed by atoms with van der Waals surface area (Å²) in [6.07, 6.45) is 0.157. The Morgan fingerprint density at radius 1 is 0.867 bits per heavy atom. The van der Waals surface area contributed by atoms with E-state index >= 15 is 0 Å². The lowest BCUT2D eigenvalue weighted by Gasteiger charge is -2.27. The Balaban J connectivity index is 1.64. The fourth-order valence-electron chi connectivity index (χ4n) is 3.90. The number of carbonyl (C=O) groups is 2. The summed E-state index contributed by atoms with van der Waals surface area (Å²) in [5.74, 6) is -1.07. The number of imide groups is 1. The lowest BCUT2D eigenvalue weighted by molar-refractivity contribution is -0.128. The molecule has 5 rings (SSSR count). The number of amides is 2. The number of hydrogen-bond donors (Lipinski definition) is 0. The first kappa shape index (κ1) is 18.2. The van der Waals surface area contributed by atoms with Gasteiger partial charge in [-0.05, 0) is 29.3 Å². The van der Waals surface area contributed by atoms with Crippen LogP contribution in [0.4, 0.5) is 4.39 Å². The molecule has 1 aromatic heterocycles. The van der Waals surface area contributed by atoms with E-state index in [0.717, 1.165) is 16.7 Å². The molecule has 0 N–H and O–H groups in total. The monoisotopic (exact) mass is 396 g/mol. The highest BCUT2D eigenvalue weighted by Crippen LogP contribution is 2.30. The van der Waals surface area contributed by atoms with Crippen molar-refractivity contribution in [3.8, 4) is 11.1 Å². The average molecular weight is 396 g/mol. The quantitative estimate of drug-likeness (QED) is 0.469. The second-order valence-electron chi connectivity index (χ2n) is 7.28. The van der Waals surface area contributed by atoms with E-state index in [9.17, 15) is 14.0 Å². The fraction of sp³-hybridized carbons (Fsp3) is 0.0800. The molecular formula is C25H17FN2O2. The van der Waals surface area contributed by atoms with E-state index in [-0.39, 0.29) is 30.3 Å². The summed E-state index contributed by atoms with van der Waals surface area (Å²) in [7, 11) is 0. The van der Waals surface area contributed by atoms with Crippen LogP contribution in [-0.4, -0.2) is 21.7 Å². The third-order valence-corrected chi connectivity index (χ3v) is 5.40. The van der Waals surface area contributed by atoms with Crippen molar-refractivity contribution < 1.29 is 14.0 Å². The van der Waals surface area contributed by atoms with Gasteiger partial charge in [-0.2, -0.15) is 0 Å². The lowest BCUT2D eigenvalue weighted by atomic mass is 9.97. The van der Waals surface area contributed by atoms with E-state index in [2.05, 4.69) is 4.98 Å². The molecule has 0 spiro atoms. The molecule has 0 saturated heterocycles. The van der Waals surface area contributed by atoms with Crippen LogP contribution >= 0.6 is 0 Å². The summed E-state index contributed by atoms with van der Waals surface area (Å²) in [5.41, 5.74) is 3.62. The van der Waals surface area contributed by atoms with Gasteiger partial charge >= 0.3 is 0 Å². The van der Waals surface area contributed by atoms with E-state index in [1.54, 1.807) is 30.3 Å². The zero-order valence-corrected chi connectivity index (χ0v) is 16.0. The molecule has 2 amide bonds. The number of fused-ring (bicyclic) bond motifs is 2. The molecule has 0 radical (unpaired) electrons. The zero-order chi connectivity index (χ0) is 20.7. The number of rotatable bonds is 3. The first-order chi connectivity index (χ1) is 14.6. The van der Waals surface area contributed by atoms with Gasteiger partial charge in [0.05, 0.1) is 18.7 Å². The van der Waals surface area contributed by atoms with Crippen molar-refractivity contribution in [2.75, 3.05) is 0 Å². The van der Waals surface area contributed by atoms with E-state index in [4.69, 9.17) is 0 Å². The molecule has 146 valence electrons. The van der Waals surface area contributed by atoms with Crippen LogP contribution < -0.4 is 0 Å².